The molecule has 4 aromatic rings. The molecule has 0 saturated heterocycles. The molecule has 5 rings (SSSR count). The molecule has 0 fully saturated rings. The van der Waals surface area contributed by atoms with Gasteiger partial charge in [-0.15, -0.1) is 11.3 Å². The molecule has 176 valence electrons. The van der Waals surface area contributed by atoms with Crippen LogP contribution in [0.5, 0.6) is 0 Å². The van der Waals surface area contributed by atoms with Gasteiger partial charge in [0, 0.05) is 36.1 Å². The fraction of sp³-hybridized carbons (Fsp3) is 0.115. The predicted molar refractivity (Wildman–Crippen MR) is 137 cm³/mol. The average Bonchev–Trinajstić information content (AvgIpc) is 3.41. The summed E-state index contributed by atoms with van der Waals surface area (Å²) in [6.07, 6.45) is 0.541. The number of carbonyl (C=O) groups is 2. The van der Waals surface area contributed by atoms with Gasteiger partial charge in [-0.25, -0.2) is 4.98 Å². The number of fused-ring (bicyclic) bond motifs is 1. The number of benzene rings is 2. The van der Waals surface area contributed by atoms with Crippen molar-refractivity contribution < 1.29 is 14.7 Å². The second kappa shape index (κ2) is 9.87. The molecule has 0 spiro atoms. The smallest absolute Gasteiger partial charge is 0.265 e. The van der Waals surface area contributed by atoms with E-state index in [0.717, 1.165) is 28.3 Å². The van der Waals surface area contributed by atoms with Crippen LogP contribution < -0.4 is 10.6 Å². The molecule has 2 aromatic carbocycles. The van der Waals surface area contributed by atoms with Crippen molar-refractivity contribution in [1.29, 1.82) is 0 Å². The monoisotopic (exact) mass is 504 g/mol. The average molecular weight is 505 g/mol. The van der Waals surface area contributed by atoms with Crippen molar-refractivity contribution in [2.24, 2.45) is 0 Å². The first-order chi connectivity index (χ1) is 17.0. The van der Waals surface area contributed by atoms with Crippen molar-refractivity contribution in [3.8, 4) is 0 Å². The highest BCUT2D eigenvalue weighted by molar-refractivity contribution is 7.18. The lowest BCUT2D eigenvalue weighted by atomic mass is 10.1. The Morgan fingerprint density at radius 3 is 2.66 bits per heavy atom. The molecule has 1 aliphatic heterocycles. The van der Waals surface area contributed by atoms with Crippen LogP contribution in [0.2, 0.25) is 4.34 Å². The van der Waals surface area contributed by atoms with Crippen LogP contribution in [0.3, 0.4) is 0 Å². The van der Waals surface area contributed by atoms with Gasteiger partial charge in [-0.3, -0.25) is 9.59 Å². The van der Waals surface area contributed by atoms with Gasteiger partial charge in [0.2, 0.25) is 0 Å². The molecule has 35 heavy (non-hydrogen) atoms. The zero-order valence-corrected chi connectivity index (χ0v) is 20.0. The molecule has 0 radical (unpaired) electrons. The maximum atomic E-state index is 13.1. The molecule has 1 atom stereocenters. The Morgan fingerprint density at radius 2 is 1.89 bits per heavy atom. The van der Waals surface area contributed by atoms with E-state index in [-0.39, 0.29) is 18.4 Å². The van der Waals surface area contributed by atoms with Crippen LogP contribution in [0.4, 0.5) is 11.5 Å². The van der Waals surface area contributed by atoms with Crippen LogP contribution >= 0.6 is 22.9 Å². The molecule has 3 N–H and O–H groups in total. The standard InChI is InChI=1S/C26H21ClN4O3S/c27-21-11-10-20(35-21)24(32)30-19-8-4-7-18-23(19)26(34)31(25(18)33)15-17-6-3-5-16(13-17)14-29-22-9-1-2-12-28-22/h1-13,26,34H,14-15H2,(H,28,29)(H,30,32). The minimum Gasteiger partial charge on any atom is -0.369 e. The summed E-state index contributed by atoms with van der Waals surface area (Å²) in [6, 6.07) is 21.8. The third kappa shape index (κ3) is 4.90. The lowest BCUT2D eigenvalue weighted by Crippen LogP contribution is -2.27. The number of nitrogens with zero attached hydrogens (tertiary/aromatic N) is 2. The molecule has 7 nitrogen and oxygen atoms in total. The number of aliphatic hydroxyl groups is 1. The fourth-order valence-corrected chi connectivity index (χ4v) is 4.97. The quantitative estimate of drug-likeness (QED) is 0.317. The summed E-state index contributed by atoms with van der Waals surface area (Å²) in [6.45, 7) is 0.796. The van der Waals surface area contributed by atoms with E-state index in [0.29, 0.717) is 32.6 Å². The topological polar surface area (TPSA) is 94.6 Å². The minimum absolute atomic E-state index is 0.222. The maximum Gasteiger partial charge on any atom is 0.265 e. The maximum absolute atomic E-state index is 13.1. The lowest BCUT2D eigenvalue weighted by Gasteiger charge is -2.22. The number of carbonyl (C=O) groups excluding carboxylic acids is 2. The number of halogens is 1. The third-order valence-corrected chi connectivity index (χ3v) is 6.91. The van der Waals surface area contributed by atoms with Gasteiger partial charge < -0.3 is 20.6 Å². The normalized spacial score (nSPS) is 14.6. The fourth-order valence-electron chi connectivity index (χ4n) is 4.03. The van der Waals surface area contributed by atoms with Crippen molar-refractivity contribution in [2.75, 3.05) is 10.6 Å². The summed E-state index contributed by atoms with van der Waals surface area (Å²) in [4.78, 5) is 31.9. The van der Waals surface area contributed by atoms with Gasteiger partial charge >= 0.3 is 0 Å². The van der Waals surface area contributed by atoms with Crippen LogP contribution in [0.15, 0.2) is 79.0 Å². The van der Waals surface area contributed by atoms with E-state index in [2.05, 4.69) is 15.6 Å². The molecule has 2 aromatic heterocycles. The number of nitrogens with one attached hydrogen (secondary N) is 2. The van der Waals surface area contributed by atoms with E-state index in [1.54, 1.807) is 36.5 Å². The summed E-state index contributed by atoms with van der Waals surface area (Å²) in [5.41, 5.74) is 3.06. The Balaban J connectivity index is 1.32. The van der Waals surface area contributed by atoms with E-state index < -0.39 is 6.23 Å². The van der Waals surface area contributed by atoms with Crippen LogP contribution in [-0.4, -0.2) is 26.8 Å². The van der Waals surface area contributed by atoms with E-state index in [9.17, 15) is 14.7 Å². The Morgan fingerprint density at radius 1 is 1.06 bits per heavy atom. The first kappa shape index (κ1) is 23.0. The largest absolute Gasteiger partial charge is 0.369 e. The molecule has 2 amide bonds. The molecule has 0 aliphatic carbocycles. The van der Waals surface area contributed by atoms with E-state index in [1.807, 2.05) is 42.5 Å². The number of thiophene rings is 1. The van der Waals surface area contributed by atoms with Gasteiger partial charge in [0.1, 0.15) is 5.82 Å². The Labute approximate surface area is 211 Å². The highest BCUT2D eigenvalue weighted by Crippen LogP contribution is 2.38. The van der Waals surface area contributed by atoms with Crippen molar-refractivity contribution in [1.82, 2.24) is 9.88 Å². The second-order valence-electron chi connectivity index (χ2n) is 8.02. The molecule has 3 heterocycles. The molecule has 0 bridgehead atoms. The number of hydrogen-bond acceptors (Lipinski definition) is 6. The van der Waals surface area contributed by atoms with Gasteiger partial charge in [-0.05, 0) is 47.5 Å². The summed E-state index contributed by atoms with van der Waals surface area (Å²) in [7, 11) is 0. The van der Waals surface area contributed by atoms with E-state index in [4.69, 9.17) is 11.6 Å². The molecule has 1 unspecified atom stereocenters. The van der Waals surface area contributed by atoms with E-state index in [1.165, 1.54) is 4.90 Å². The van der Waals surface area contributed by atoms with Crippen LogP contribution in [0.1, 0.15) is 42.9 Å². The minimum atomic E-state index is -1.18. The first-order valence-electron chi connectivity index (χ1n) is 10.9. The predicted octanol–water partition coefficient (Wildman–Crippen LogP) is 5.31. The Bertz CT molecular complexity index is 1390. The van der Waals surface area contributed by atoms with Crippen molar-refractivity contribution in [2.45, 2.75) is 19.3 Å². The highest BCUT2D eigenvalue weighted by Gasteiger charge is 2.37. The highest BCUT2D eigenvalue weighted by atomic mass is 35.5. The van der Waals surface area contributed by atoms with Crippen LogP contribution in [0.25, 0.3) is 0 Å². The van der Waals surface area contributed by atoms with Crippen molar-refractivity contribution in [3.05, 3.63) is 110 Å². The van der Waals surface area contributed by atoms with Crippen molar-refractivity contribution >= 4 is 46.3 Å². The number of pyridine rings is 1. The Kier molecular flexibility index (Phi) is 6.50. The second-order valence-corrected chi connectivity index (χ2v) is 9.73. The number of hydrogen-bond donors (Lipinski definition) is 3. The van der Waals surface area contributed by atoms with Gasteiger partial charge in [-0.2, -0.15) is 0 Å². The zero-order chi connectivity index (χ0) is 24.4. The molecule has 0 saturated carbocycles. The summed E-state index contributed by atoms with van der Waals surface area (Å²) < 4.78 is 0.507. The van der Waals surface area contributed by atoms with Crippen LogP contribution in [0, 0.1) is 0 Å². The van der Waals surface area contributed by atoms with Gasteiger partial charge in [0.25, 0.3) is 11.8 Å². The third-order valence-electron chi connectivity index (χ3n) is 5.68. The van der Waals surface area contributed by atoms with Gasteiger partial charge in [-0.1, -0.05) is 48.0 Å². The first-order valence-corrected chi connectivity index (χ1v) is 12.1. The lowest BCUT2D eigenvalue weighted by molar-refractivity contribution is 0.0140. The summed E-state index contributed by atoms with van der Waals surface area (Å²) in [5.74, 6) is 0.138. The van der Waals surface area contributed by atoms with Crippen molar-refractivity contribution in [3.63, 3.8) is 0 Å². The molecule has 9 heteroatoms. The molecular weight excluding hydrogens is 484 g/mol. The SMILES string of the molecule is O=C(Nc1cccc2c1C(O)N(Cc1cccc(CNc3ccccn3)c1)C2=O)c1ccc(Cl)s1. The number of amides is 2. The number of aliphatic hydroxyl groups excluding tert-OH is 1. The summed E-state index contributed by atoms with van der Waals surface area (Å²) in [5, 5.41) is 17.2. The zero-order valence-electron chi connectivity index (χ0n) is 18.4. The summed E-state index contributed by atoms with van der Waals surface area (Å²) >= 11 is 7.10. The number of anilines is 2. The molecule has 1 aliphatic rings. The van der Waals surface area contributed by atoms with E-state index >= 15 is 0 Å². The Hall–Kier alpha value is -3.72. The van der Waals surface area contributed by atoms with Crippen LogP contribution in [-0.2, 0) is 13.1 Å². The number of rotatable bonds is 7. The van der Waals surface area contributed by atoms with Gasteiger partial charge in [0.15, 0.2) is 6.23 Å². The van der Waals surface area contributed by atoms with Gasteiger partial charge in [0.05, 0.1) is 9.21 Å². The number of aromatic nitrogens is 1. The molecular formula is C26H21ClN4O3S.